The minimum Gasteiger partial charge on any atom is -0.325 e. The van der Waals surface area contributed by atoms with Crippen molar-refractivity contribution in [1.29, 1.82) is 0 Å². The third-order valence-electron chi connectivity index (χ3n) is 2.68. The number of rotatable bonds is 4. The Kier molecular flexibility index (Phi) is 3.37. The van der Waals surface area contributed by atoms with E-state index in [1.165, 1.54) is 11.1 Å². The summed E-state index contributed by atoms with van der Waals surface area (Å²) in [6.07, 6.45) is 3.05. The van der Waals surface area contributed by atoms with Gasteiger partial charge in [-0.3, -0.25) is 4.68 Å². The van der Waals surface area contributed by atoms with Crippen LogP contribution in [0.25, 0.3) is 0 Å². The van der Waals surface area contributed by atoms with Crippen molar-refractivity contribution in [2.45, 2.75) is 26.4 Å². The molecular formula is C13H17N3. The van der Waals surface area contributed by atoms with Crippen molar-refractivity contribution < 1.29 is 0 Å². The first kappa shape index (κ1) is 10.9. The molecule has 0 spiro atoms. The smallest absolute Gasteiger partial charge is 0.0760 e. The summed E-state index contributed by atoms with van der Waals surface area (Å²) in [6.45, 7) is 3.47. The summed E-state index contributed by atoms with van der Waals surface area (Å²) in [7, 11) is 0. The molecule has 0 fully saturated rings. The summed E-state index contributed by atoms with van der Waals surface area (Å²) < 4.78 is 1.92. The number of hydrogen-bond donors (Lipinski definition) is 1. The van der Waals surface area contributed by atoms with E-state index in [9.17, 15) is 0 Å². The number of nitrogens with zero attached hydrogens (tertiary/aromatic N) is 2. The second kappa shape index (κ2) is 4.94. The molecule has 0 bridgehead atoms. The molecule has 2 aromatic rings. The van der Waals surface area contributed by atoms with E-state index in [1.807, 2.05) is 16.9 Å². The number of aromatic nitrogens is 2. The SMILES string of the molecule is CCc1ccc(Cn2ccc(CN)n2)cc1. The molecule has 0 amide bonds. The molecule has 1 aromatic heterocycles. The fourth-order valence-corrected chi connectivity index (χ4v) is 1.67. The molecule has 3 heteroatoms. The maximum atomic E-state index is 5.52. The molecule has 2 rings (SSSR count). The Morgan fingerprint density at radius 3 is 2.38 bits per heavy atom. The lowest BCUT2D eigenvalue weighted by Gasteiger charge is -2.03. The molecule has 0 aliphatic heterocycles. The van der Waals surface area contributed by atoms with Gasteiger partial charge in [0.2, 0.25) is 0 Å². The molecule has 3 nitrogen and oxygen atoms in total. The number of aryl methyl sites for hydroxylation is 1. The minimum absolute atomic E-state index is 0.502. The Bertz CT molecular complexity index is 442. The van der Waals surface area contributed by atoms with Crippen LogP contribution in [-0.4, -0.2) is 9.78 Å². The highest BCUT2D eigenvalue weighted by Gasteiger charge is 1.98. The van der Waals surface area contributed by atoms with Crippen molar-refractivity contribution in [3.8, 4) is 0 Å². The normalized spacial score (nSPS) is 10.6. The summed E-state index contributed by atoms with van der Waals surface area (Å²) in [5, 5.41) is 4.36. The van der Waals surface area contributed by atoms with E-state index in [0.717, 1.165) is 18.7 Å². The first-order valence-corrected chi connectivity index (χ1v) is 5.62. The maximum absolute atomic E-state index is 5.52. The van der Waals surface area contributed by atoms with E-state index < -0.39 is 0 Å². The van der Waals surface area contributed by atoms with Gasteiger partial charge in [0.15, 0.2) is 0 Å². The fourth-order valence-electron chi connectivity index (χ4n) is 1.67. The Morgan fingerprint density at radius 1 is 1.12 bits per heavy atom. The van der Waals surface area contributed by atoms with Crippen molar-refractivity contribution in [2.75, 3.05) is 0 Å². The van der Waals surface area contributed by atoms with Gasteiger partial charge in [0, 0.05) is 12.7 Å². The van der Waals surface area contributed by atoms with Crippen LogP contribution in [-0.2, 0) is 19.5 Å². The van der Waals surface area contributed by atoms with Crippen LogP contribution in [0.5, 0.6) is 0 Å². The van der Waals surface area contributed by atoms with Crippen LogP contribution in [0, 0.1) is 0 Å². The van der Waals surface area contributed by atoms with Crippen LogP contribution in [0.1, 0.15) is 23.7 Å². The van der Waals surface area contributed by atoms with Gasteiger partial charge in [0.25, 0.3) is 0 Å². The molecule has 0 aliphatic rings. The first-order valence-electron chi connectivity index (χ1n) is 5.62. The number of nitrogens with two attached hydrogens (primary N) is 1. The Balaban J connectivity index is 2.08. The van der Waals surface area contributed by atoms with Crippen molar-refractivity contribution in [1.82, 2.24) is 9.78 Å². The molecule has 16 heavy (non-hydrogen) atoms. The Hall–Kier alpha value is -1.61. The van der Waals surface area contributed by atoms with Gasteiger partial charge in [-0.05, 0) is 23.6 Å². The van der Waals surface area contributed by atoms with Crippen LogP contribution in [0.3, 0.4) is 0 Å². The zero-order valence-electron chi connectivity index (χ0n) is 9.56. The van der Waals surface area contributed by atoms with Crippen molar-refractivity contribution in [2.24, 2.45) is 5.73 Å². The zero-order valence-corrected chi connectivity index (χ0v) is 9.56. The average molecular weight is 215 g/mol. The monoisotopic (exact) mass is 215 g/mol. The third kappa shape index (κ3) is 2.49. The Morgan fingerprint density at radius 2 is 1.81 bits per heavy atom. The molecular weight excluding hydrogens is 198 g/mol. The summed E-state index contributed by atoms with van der Waals surface area (Å²) in [4.78, 5) is 0. The topological polar surface area (TPSA) is 43.8 Å². The van der Waals surface area contributed by atoms with E-state index in [-0.39, 0.29) is 0 Å². The quantitative estimate of drug-likeness (QED) is 0.847. The molecule has 0 unspecified atom stereocenters. The predicted octanol–water partition coefficient (Wildman–Crippen LogP) is 1.95. The molecule has 0 aliphatic carbocycles. The van der Waals surface area contributed by atoms with Gasteiger partial charge in [-0.15, -0.1) is 0 Å². The second-order valence-corrected chi connectivity index (χ2v) is 3.88. The van der Waals surface area contributed by atoms with E-state index in [4.69, 9.17) is 5.73 Å². The summed E-state index contributed by atoms with van der Waals surface area (Å²) in [6, 6.07) is 10.6. The molecule has 1 aromatic carbocycles. The van der Waals surface area contributed by atoms with Crippen LogP contribution in [0.4, 0.5) is 0 Å². The van der Waals surface area contributed by atoms with Gasteiger partial charge in [0.1, 0.15) is 0 Å². The highest BCUT2D eigenvalue weighted by atomic mass is 15.3. The van der Waals surface area contributed by atoms with Crippen LogP contribution >= 0.6 is 0 Å². The average Bonchev–Trinajstić information content (AvgIpc) is 2.78. The first-order chi connectivity index (χ1) is 7.81. The summed E-state index contributed by atoms with van der Waals surface area (Å²) in [5.41, 5.74) is 9.09. The van der Waals surface area contributed by atoms with Crippen molar-refractivity contribution in [3.63, 3.8) is 0 Å². The van der Waals surface area contributed by atoms with Crippen LogP contribution in [0.15, 0.2) is 36.5 Å². The molecule has 0 radical (unpaired) electrons. The summed E-state index contributed by atoms with van der Waals surface area (Å²) >= 11 is 0. The molecule has 0 atom stereocenters. The van der Waals surface area contributed by atoms with Gasteiger partial charge in [-0.1, -0.05) is 31.2 Å². The van der Waals surface area contributed by atoms with Gasteiger partial charge in [-0.25, -0.2) is 0 Å². The van der Waals surface area contributed by atoms with E-state index >= 15 is 0 Å². The lowest BCUT2D eigenvalue weighted by Crippen LogP contribution is -2.03. The molecule has 84 valence electrons. The number of benzene rings is 1. The van der Waals surface area contributed by atoms with Crippen LogP contribution < -0.4 is 5.73 Å². The third-order valence-corrected chi connectivity index (χ3v) is 2.68. The van der Waals surface area contributed by atoms with Gasteiger partial charge in [0.05, 0.1) is 12.2 Å². The van der Waals surface area contributed by atoms with E-state index in [1.54, 1.807) is 0 Å². The molecule has 0 saturated heterocycles. The second-order valence-electron chi connectivity index (χ2n) is 3.88. The minimum atomic E-state index is 0.502. The van der Waals surface area contributed by atoms with Crippen LogP contribution in [0.2, 0.25) is 0 Å². The lowest BCUT2D eigenvalue weighted by molar-refractivity contribution is 0.671. The largest absolute Gasteiger partial charge is 0.325 e. The molecule has 1 heterocycles. The van der Waals surface area contributed by atoms with Crippen molar-refractivity contribution >= 4 is 0 Å². The maximum Gasteiger partial charge on any atom is 0.0760 e. The van der Waals surface area contributed by atoms with Crippen molar-refractivity contribution in [3.05, 3.63) is 53.3 Å². The van der Waals surface area contributed by atoms with E-state index in [2.05, 4.69) is 36.3 Å². The highest BCUT2D eigenvalue weighted by Crippen LogP contribution is 2.07. The zero-order chi connectivity index (χ0) is 11.4. The molecule has 2 N–H and O–H groups in total. The fraction of sp³-hybridized carbons (Fsp3) is 0.308. The lowest BCUT2D eigenvalue weighted by atomic mass is 10.1. The van der Waals surface area contributed by atoms with Gasteiger partial charge >= 0.3 is 0 Å². The van der Waals surface area contributed by atoms with Gasteiger partial charge < -0.3 is 5.73 Å². The standard InChI is InChI=1S/C13H17N3/c1-2-11-3-5-12(6-4-11)10-16-8-7-13(9-14)15-16/h3-8H,2,9-10,14H2,1H3. The summed E-state index contributed by atoms with van der Waals surface area (Å²) in [5.74, 6) is 0. The number of hydrogen-bond acceptors (Lipinski definition) is 2. The van der Waals surface area contributed by atoms with Gasteiger partial charge in [-0.2, -0.15) is 5.10 Å². The Labute approximate surface area is 95.9 Å². The molecule has 0 saturated carbocycles. The highest BCUT2D eigenvalue weighted by molar-refractivity contribution is 5.22. The van der Waals surface area contributed by atoms with E-state index in [0.29, 0.717) is 6.54 Å². The predicted molar refractivity (Wildman–Crippen MR) is 65.0 cm³/mol.